The first-order valence-electron chi connectivity index (χ1n) is 13.9. The summed E-state index contributed by atoms with van der Waals surface area (Å²) in [5.41, 5.74) is 5.70. The van der Waals surface area contributed by atoms with Gasteiger partial charge in [-0.1, -0.05) is 121 Å². The molecular formula is C36H28N4O. The number of ketones is 1. The molecule has 0 aliphatic carbocycles. The van der Waals surface area contributed by atoms with Crippen molar-refractivity contribution in [3.63, 3.8) is 0 Å². The lowest BCUT2D eigenvalue weighted by Gasteiger charge is -2.31. The summed E-state index contributed by atoms with van der Waals surface area (Å²) in [6, 6.07) is 44.5. The van der Waals surface area contributed by atoms with Crippen molar-refractivity contribution in [1.29, 1.82) is 0 Å². The smallest absolute Gasteiger partial charge is 0.183 e. The van der Waals surface area contributed by atoms with E-state index in [1.165, 1.54) is 0 Å². The van der Waals surface area contributed by atoms with Crippen molar-refractivity contribution in [2.75, 3.05) is 0 Å². The first-order chi connectivity index (χ1) is 20.3. The van der Waals surface area contributed by atoms with E-state index in [2.05, 4.69) is 65.6 Å². The van der Waals surface area contributed by atoms with Crippen molar-refractivity contribution in [2.24, 2.45) is 4.99 Å². The van der Waals surface area contributed by atoms with Gasteiger partial charge in [0.2, 0.25) is 0 Å². The molecule has 198 valence electrons. The summed E-state index contributed by atoms with van der Waals surface area (Å²) in [5, 5.41) is 5.87. The second-order valence-corrected chi connectivity index (χ2v) is 10.4. The third-order valence-electron chi connectivity index (χ3n) is 7.93. The van der Waals surface area contributed by atoms with E-state index in [0.29, 0.717) is 12.1 Å². The Balaban J connectivity index is 1.44. The molecule has 7 rings (SSSR count). The molecule has 0 fully saturated rings. The topological polar surface area (TPSA) is 60.1 Å². The van der Waals surface area contributed by atoms with Crippen molar-refractivity contribution >= 4 is 28.3 Å². The number of carbonyl (C=O) groups is 1. The van der Waals surface area contributed by atoms with Crippen LogP contribution in [0.1, 0.15) is 51.3 Å². The number of benzene rings is 4. The number of carbonyl (C=O) groups excluding carboxylic acids is 1. The van der Waals surface area contributed by atoms with Gasteiger partial charge >= 0.3 is 0 Å². The molecule has 5 heteroatoms. The number of Topliss-reactive ketones (excluding diaryl/α,β-unsaturated/α-hetero) is 1. The van der Waals surface area contributed by atoms with Crippen LogP contribution in [0.4, 0.5) is 5.82 Å². The Kier molecular flexibility index (Phi) is 6.53. The van der Waals surface area contributed by atoms with E-state index in [1.807, 2.05) is 77.5 Å². The number of aliphatic imine (C=N–C) groups is 1. The van der Waals surface area contributed by atoms with Gasteiger partial charge in [0, 0.05) is 30.0 Å². The van der Waals surface area contributed by atoms with Gasteiger partial charge in [-0.3, -0.25) is 4.79 Å². The minimum atomic E-state index is -0.233. The molecule has 3 heterocycles. The lowest BCUT2D eigenvalue weighted by atomic mass is 9.73. The molecule has 0 spiro atoms. The SMILES string of the molecule is O=C(C[C@H](c1ccccc1)[C@@H](C1=Nc2c3cccnc3nn2[C@@H]1c1ccccc1)c1ccccc1)c1ccccc1. The monoisotopic (exact) mass is 532 g/mol. The van der Waals surface area contributed by atoms with Gasteiger partial charge in [0.15, 0.2) is 17.2 Å². The van der Waals surface area contributed by atoms with Crippen molar-refractivity contribution in [3.8, 4) is 0 Å². The summed E-state index contributed by atoms with van der Waals surface area (Å²) in [6.07, 6.45) is 2.11. The Labute approximate surface area is 238 Å². The van der Waals surface area contributed by atoms with Crippen LogP contribution in [0.25, 0.3) is 11.0 Å². The third kappa shape index (κ3) is 4.66. The zero-order valence-electron chi connectivity index (χ0n) is 22.4. The maximum absolute atomic E-state index is 13.8. The molecule has 41 heavy (non-hydrogen) atoms. The number of hydrogen-bond acceptors (Lipinski definition) is 4. The van der Waals surface area contributed by atoms with Gasteiger partial charge < -0.3 is 0 Å². The van der Waals surface area contributed by atoms with E-state index in [4.69, 9.17) is 10.1 Å². The van der Waals surface area contributed by atoms with Crippen LogP contribution >= 0.6 is 0 Å². The predicted molar refractivity (Wildman–Crippen MR) is 163 cm³/mol. The molecule has 0 saturated heterocycles. The Hall–Kier alpha value is -5.16. The number of hydrogen-bond donors (Lipinski definition) is 0. The minimum Gasteiger partial charge on any atom is -0.294 e. The normalized spacial score (nSPS) is 15.7. The average molecular weight is 533 g/mol. The number of pyridine rings is 1. The highest BCUT2D eigenvalue weighted by Crippen LogP contribution is 2.47. The van der Waals surface area contributed by atoms with Crippen molar-refractivity contribution in [1.82, 2.24) is 14.8 Å². The third-order valence-corrected chi connectivity index (χ3v) is 7.93. The van der Waals surface area contributed by atoms with Gasteiger partial charge in [0.25, 0.3) is 0 Å². The summed E-state index contributed by atoms with van der Waals surface area (Å²) in [4.78, 5) is 23.7. The first kappa shape index (κ1) is 24.9. The highest BCUT2D eigenvalue weighted by Gasteiger charge is 2.41. The highest BCUT2D eigenvalue weighted by atomic mass is 16.1. The number of aromatic nitrogens is 3. The van der Waals surface area contributed by atoms with E-state index in [1.54, 1.807) is 6.20 Å². The van der Waals surface area contributed by atoms with Crippen LogP contribution in [0.15, 0.2) is 145 Å². The molecule has 1 aliphatic heterocycles. The Bertz CT molecular complexity index is 1830. The molecule has 0 bridgehead atoms. The molecule has 2 aromatic heterocycles. The van der Waals surface area contributed by atoms with Gasteiger partial charge in [-0.2, -0.15) is 0 Å². The lowest BCUT2D eigenvalue weighted by molar-refractivity contribution is 0.0972. The van der Waals surface area contributed by atoms with Crippen LogP contribution in [0.5, 0.6) is 0 Å². The Morgan fingerprint density at radius 1 is 0.707 bits per heavy atom. The van der Waals surface area contributed by atoms with Gasteiger partial charge in [-0.15, -0.1) is 5.10 Å². The van der Waals surface area contributed by atoms with E-state index < -0.39 is 0 Å². The van der Waals surface area contributed by atoms with Crippen molar-refractivity contribution in [3.05, 3.63) is 162 Å². The van der Waals surface area contributed by atoms with Crippen LogP contribution in [0.3, 0.4) is 0 Å². The summed E-state index contributed by atoms with van der Waals surface area (Å²) in [6.45, 7) is 0. The maximum Gasteiger partial charge on any atom is 0.183 e. The predicted octanol–water partition coefficient (Wildman–Crippen LogP) is 7.95. The van der Waals surface area contributed by atoms with Crippen LogP contribution < -0.4 is 0 Å². The molecule has 6 aromatic rings. The van der Waals surface area contributed by atoms with Crippen LogP contribution in [-0.4, -0.2) is 26.3 Å². The molecule has 3 atom stereocenters. The molecule has 4 aromatic carbocycles. The van der Waals surface area contributed by atoms with E-state index in [0.717, 1.165) is 39.2 Å². The molecular weight excluding hydrogens is 504 g/mol. The minimum absolute atomic E-state index is 0.114. The van der Waals surface area contributed by atoms with Gasteiger partial charge in [-0.05, 0) is 28.8 Å². The van der Waals surface area contributed by atoms with Gasteiger partial charge in [0.1, 0.15) is 6.04 Å². The van der Waals surface area contributed by atoms with Crippen LogP contribution in [-0.2, 0) is 0 Å². The number of rotatable bonds is 8. The summed E-state index contributed by atoms with van der Waals surface area (Å²) in [7, 11) is 0. The second kappa shape index (κ2) is 10.8. The van der Waals surface area contributed by atoms with Crippen molar-refractivity contribution in [2.45, 2.75) is 24.3 Å². The van der Waals surface area contributed by atoms with Gasteiger partial charge in [-0.25, -0.2) is 14.7 Å². The molecule has 0 saturated carbocycles. The van der Waals surface area contributed by atoms with Crippen molar-refractivity contribution < 1.29 is 4.79 Å². The molecule has 0 radical (unpaired) electrons. The van der Waals surface area contributed by atoms with Gasteiger partial charge in [0.05, 0.1) is 11.1 Å². The zero-order valence-corrected chi connectivity index (χ0v) is 22.4. The highest BCUT2D eigenvalue weighted by molar-refractivity contribution is 6.05. The quantitative estimate of drug-likeness (QED) is 0.187. The first-order valence-corrected chi connectivity index (χ1v) is 13.9. The average Bonchev–Trinajstić information content (AvgIpc) is 3.58. The number of nitrogens with zero attached hydrogens (tertiary/aromatic N) is 4. The zero-order chi connectivity index (χ0) is 27.6. The van der Waals surface area contributed by atoms with E-state index >= 15 is 0 Å². The van der Waals surface area contributed by atoms with Crippen LogP contribution in [0, 0.1) is 0 Å². The molecule has 0 N–H and O–H groups in total. The Morgan fingerprint density at radius 3 is 2.00 bits per heavy atom. The lowest BCUT2D eigenvalue weighted by Crippen LogP contribution is -2.29. The molecule has 5 nitrogen and oxygen atoms in total. The van der Waals surface area contributed by atoms with E-state index in [-0.39, 0.29) is 23.7 Å². The standard InChI is InChI=1S/C36H28N4O/c41-31(26-16-7-2-8-17-26)24-30(25-14-5-1-6-15-25)32(27-18-9-3-10-19-27)33-34(28-20-11-4-12-21-28)40-36(38-33)29-22-13-23-37-35(29)39-40/h1-23,30,32,34H,24H2/t30-,32+,34-/m1/s1. The Morgan fingerprint density at radius 2 is 1.32 bits per heavy atom. The maximum atomic E-state index is 13.8. The largest absolute Gasteiger partial charge is 0.294 e. The summed E-state index contributed by atoms with van der Waals surface area (Å²) < 4.78 is 2.01. The summed E-state index contributed by atoms with van der Waals surface area (Å²) in [5.74, 6) is 0.594. The van der Waals surface area contributed by atoms with E-state index in [9.17, 15) is 4.79 Å². The molecule has 1 aliphatic rings. The fraction of sp³-hybridized carbons (Fsp3) is 0.111. The van der Waals surface area contributed by atoms with Crippen LogP contribution in [0.2, 0.25) is 0 Å². The molecule has 0 unspecified atom stereocenters. The fourth-order valence-corrected chi connectivity index (χ4v) is 6.05. The fourth-order valence-electron chi connectivity index (χ4n) is 6.05. The second-order valence-electron chi connectivity index (χ2n) is 10.4. The summed E-state index contributed by atoms with van der Waals surface area (Å²) >= 11 is 0. The number of fused-ring (bicyclic) bond motifs is 3. The molecule has 0 amide bonds.